The molecule has 0 aliphatic heterocycles. The van der Waals surface area contributed by atoms with Crippen LogP contribution >= 0.6 is 0 Å². The number of carboxylic acid groups (broad SMARTS) is 1. The fourth-order valence-corrected chi connectivity index (χ4v) is 3.21. The number of aliphatic imine (C=N–C) groups is 1. The molecule has 1 N–H and O–H groups in total. The minimum absolute atomic E-state index is 0.00251. The van der Waals surface area contributed by atoms with Crippen molar-refractivity contribution in [1.29, 1.82) is 0 Å². The summed E-state index contributed by atoms with van der Waals surface area (Å²) in [5.41, 5.74) is 1.24. The second-order valence-electron chi connectivity index (χ2n) is 7.04. The molecule has 2 heterocycles. The van der Waals surface area contributed by atoms with Crippen LogP contribution in [0.4, 0.5) is 5.82 Å². The smallest absolute Gasteiger partial charge is 0.339 e. The number of aromatic nitrogens is 1. The lowest BCUT2D eigenvalue weighted by Gasteiger charge is -2.25. The van der Waals surface area contributed by atoms with Gasteiger partial charge >= 0.3 is 5.97 Å². The zero-order valence-electron chi connectivity index (χ0n) is 15.1. The third kappa shape index (κ3) is 3.05. The lowest BCUT2D eigenvalue weighted by Crippen LogP contribution is -2.11. The standard InChI is InChI=1S/C20H19N3O4/c1-23(2)10-21-18-15(20(25)26)9-14-17(24)13-8-12(11-4-3-5-11)6-7-16(13)27-19(14)22-18/h6-11H,3-5H2,1-2H3,(H,25,26)/b21-10+. The zero-order valence-corrected chi connectivity index (χ0v) is 15.1. The highest BCUT2D eigenvalue weighted by molar-refractivity contribution is 5.98. The van der Waals surface area contributed by atoms with Gasteiger partial charge in [0.1, 0.15) is 11.1 Å². The van der Waals surface area contributed by atoms with E-state index >= 15 is 0 Å². The Kier molecular flexibility index (Phi) is 4.14. The molecule has 0 radical (unpaired) electrons. The summed E-state index contributed by atoms with van der Waals surface area (Å²) in [6, 6.07) is 6.94. The first kappa shape index (κ1) is 17.2. The fourth-order valence-electron chi connectivity index (χ4n) is 3.21. The lowest BCUT2D eigenvalue weighted by atomic mass is 9.80. The molecule has 7 heteroatoms. The molecule has 0 spiro atoms. The molecule has 2 aromatic heterocycles. The molecule has 4 rings (SSSR count). The number of pyridine rings is 1. The van der Waals surface area contributed by atoms with E-state index in [1.807, 2.05) is 12.1 Å². The Hall–Kier alpha value is -3.22. The van der Waals surface area contributed by atoms with Gasteiger partial charge in [-0.1, -0.05) is 12.5 Å². The van der Waals surface area contributed by atoms with Crippen LogP contribution in [0.2, 0.25) is 0 Å². The summed E-state index contributed by atoms with van der Waals surface area (Å²) in [4.78, 5) is 34.5. The summed E-state index contributed by atoms with van der Waals surface area (Å²) in [5, 5.41) is 10.1. The van der Waals surface area contributed by atoms with Crippen molar-refractivity contribution in [2.24, 2.45) is 4.99 Å². The van der Waals surface area contributed by atoms with Crippen molar-refractivity contribution in [2.45, 2.75) is 25.2 Å². The molecular weight excluding hydrogens is 346 g/mol. The SMILES string of the molecule is CN(C)/C=N/c1nc2oc3ccc(C4CCC4)cc3c(=O)c2cc1C(=O)O. The molecule has 1 aliphatic carbocycles. The maximum Gasteiger partial charge on any atom is 0.339 e. The predicted molar refractivity (Wildman–Crippen MR) is 103 cm³/mol. The van der Waals surface area contributed by atoms with Crippen LogP contribution in [0, 0.1) is 0 Å². The van der Waals surface area contributed by atoms with Gasteiger partial charge in [-0.05, 0) is 42.5 Å². The number of aromatic carboxylic acids is 1. The van der Waals surface area contributed by atoms with E-state index in [1.165, 1.54) is 18.8 Å². The van der Waals surface area contributed by atoms with Crippen LogP contribution in [0.15, 0.2) is 38.5 Å². The summed E-state index contributed by atoms with van der Waals surface area (Å²) in [5.74, 6) is -0.713. The molecule has 1 fully saturated rings. The monoisotopic (exact) mass is 365 g/mol. The van der Waals surface area contributed by atoms with E-state index in [2.05, 4.69) is 9.98 Å². The maximum absolute atomic E-state index is 13.0. The number of hydrogen-bond donors (Lipinski definition) is 1. The Bertz CT molecular complexity index is 1140. The number of nitrogens with zero attached hydrogens (tertiary/aromatic N) is 3. The van der Waals surface area contributed by atoms with Gasteiger partial charge in [-0.3, -0.25) is 4.79 Å². The van der Waals surface area contributed by atoms with Crippen molar-refractivity contribution in [3.8, 4) is 0 Å². The average Bonchev–Trinajstić information content (AvgIpc) is 2.58. The van der Waals surface area contributed by atoms with Crippen molar-refractivity contribution in [3.63, 3.8) is 0 Å². The molecule has 1 aromatic carbocycles. The molecule has 3 aromatic rings. The topological polar surface area (TPSA) is 96.0 Å². The second kappa shape index (κ2) is 6.50. The number of rotatable bonds is 4. The van der Waals surface area contributed by atoms with Gasteiger partial charge in [0.2, 0.25) is 11.1 Å². The first-order valence-corrected chi connectivity index (χ1v) is 8.79. The van der Waals surface area contributed by atoms with Crippen molar-refractivity contribution in [3.05, 3.63) is 45.6 Å². The van der Waals surface area contributed by atoms with E-state index < -0.39 is 5.97 Å². The highest BCUT2D eigenvalue weighted by atomic mass is 16.4. The Labute approximate surface area is 155 Å². The molecular formula is C20H19N3O4. The first-order valence-electron chi connectivity index (χ1n) is 8.79. The minimum atomic E-state index is -1.20. The maximum atomic E-state index is 13.0. The highest BCUT2D eigenvalue weighted by Crippen LogP contribution is 2.37. The predicted octanol–water partition coefficient (Wildman–Crippen LogP) is 3.53. The van der Waals surface area contributed by atoms with E-state index in [0.29, 0.717) is 16.9 Å². The molecule has 0 amide bonds. The van der Waals surface area contributed by atoms with E-state index in [0.717, 1.165) is 18.4 Å². The number of carbonyl (C=O) groups is 1. The third-order valence-corrected chi connectivity index (χ3v) is 4.88. The highest BCUT2D eigenvalue weighted by Gasteiger charge is 2.21. The van der Waals surface area contributed by atoms with Gasteiger partial charge in [0.25, 0.3) is 0 Å². The van der Waals surface area contributed by atoms with Crippen molar-refractivity contribution in [2.75, 3.05) is 14.1 Å². The minimum Gasteiger partial charge on any atom is -0.478 e. The average molecular weight is 365 g/mol. The van der Waals surface area contributed by atoms with Gasteiger partial charge in [-0.15, -0.1) is 0 Å². The quantitative estimate of drug-likeness (QED) is 0.432. The zero-order chi connectivity index (χ0) is 19.1. The van der Waals surface area contributed by atoms with E-state index in [1.54, 1.807) is 25.1 Å². The Morgan fingerprint density at radius 3 is 2.70 bits per heavy atom. The van der Waals surface area contributed by atoms with Crippen LogP contribution in [0.25, 0.3) is 22.1 Å². The molecule has 0 saturated heterocycles. The van der Waals surface area contributed by atoms with Gasteiger partial charge in [0, 0.05) is 14.1 Å². The van der Waals surface area contributed by atoms with Gasteiger partial charge in [0.05, 0.1) is 17.1 Å². The van der Waals surface area contributed by atoms with E-state index in [9.17, 15) is 14.7 Å². The molecule has 27 heavy (non-hydrogen) atoms. The van der Waals surface area contributed by atoms with Crippen LogP contribution in [-0.2, 0) is 0 Å². The number of fused-ring (bicyclic) bond motifs is 2. The molecule has 0 atom stereocenters. The summed E-state index contributed by atoms with van der Waals surface area (Å²) in [6.07, 6.45) is 4.91. The molecule has 1 aliphatic rings. The molecule has 138 valence electrons. The van der Waals surface area contributed by atoms with Gasteiger partial charge in [-0.2, -0.15) is 4.98 Å². The van der Waals surface area contributed by atoms with Gasteiger partial charge < -0.3 is 14.4 Å². The lowest BCUT2D eigenvalue weighted by molar-refractivity contribution is 0.0697. The summed E-state index contributed by atoms with van der Waals surface area (Å²) in [6.45, 7) is 0. The molecule has 1 saturated carbocycles. The van der Waals surface area contributed by atoms with Crippen molar-refractivity contribution >= 4 is 40.2 Å². The Morgan fingerprint density at radius 2 is 2.07 bits per heavy atom. The second-order valence-corrected chi connectivity index (χ2v) is 7.04. The summed E-state index contributed by atoms with van der Waals surface area (Å²) < 4.78 is 5.80. The Balaban J connectivity index is 1.95. The van der Waals surface area contributed by atoms with Gasteiger partial charge in [-0.25, -0.2) is 9.79 Å². The first-order chi connectivity index (χ1) is 12.9. The van der Waals surface area contributed by atoms with E-state index in [4.69, 9.17) is 4.42 Å². The van der Waals surface area contributed by atoms with Crippen molar-refractivity contribution in [1.82, 2.24) is 9.88 Å². The molecule has 0 bridgehead atoms. The van der Waals surface area contributed by atoms with Crippen LogP contribution in [0.3, 0.4) is 0 Å². The fraction of sp³-hybridized carbons (Fsp3) is 0.300. The van der Waals surface area contributed by atoms with Gasteiger partial charge in [0.15, 0.2) is 5.82 Å². The molecule has 7 nitrogen and oxygen atoms in total. The van der Waals surface area contributed by atoms with Crippen LogP contribution in [-0.4, -0.2) is 41.4 Å². The van der Waals surface area contributed by atoms with Crippen LogP contribution in [0.5, 0.6) is 0 Å². The van der Waals surface area contributed by atoms with E-state index in [-0.39, 0.29) is 27.9 Å². The van der Waals surface area contributed by atoms with Crippen LogP contribution < -0.4 is 5.43 Å². The molecule has 0 unspecified atom stereocenters. The summed E-state index contributed by atoms with van der Waals surface area (Å²) >= 11 is 0. The number of hydrogen-bond acceptors (Lipinski definition) is 5. The normalized spacial score (nSPS) is 14.7. The van der Waals surface area contributed by atoms with Crippen molar-refractivity contribution < 1.29 is 14.3 Å². The number of carboxylic acids is 1. The van der Waals surface area contributed by atoms with Crippen LogP contribution in [0.1, 0.15) is 41.1 Å². The number of benzene rings is 1. The Morgan fingerprint density at radius 1 is 1.30 bits per heavy atom. The summed E-state index contributed by atoms with van der Waals surface area (Å²) in [7, 11) is 3.52. The largest absolute Gasteiger partial charge is 0.478 e. The third-order valence-electron chi connectivity index (χ3n) is 4.88.